The quantitative estimate of drug-likeness (QED) is 0.621. The van der Waals surface area contributed by atoms with E-state index in [4.69, 9.17) is 0 Å². The molecule has 1 aliphatic heterocycles. The zero-order chi connectivity index (χ0) is 21.0. The van der Waals surface area contributed by atoms with Crippen molar-refractivity contribution in [3.05, 3.63) is 58.4 Å². The van der Waals surface area contributed by atoms with Crippen LogP contribution in [0.3, 0.4) is 0 Å². The molecule has 1 aromatic heterocycles. The molecule has 1 saturated heterocycles. The summed E-state index contributed by atoms with van der Waals surface area (Å²) in [7, 11) is 0. The number of imide groups is 1. The van der Waals surface area contributed by atoms with E-state index in [-0.39, 0.29) is 18.2 Å². The fraction of sp³-hybridized carbons (Fsp3) is 0.458. The first-order chi connectivity index (χ1) is 14.4. The lowest BCUT2D eigenvalue weighted by molar-refractivity contribution is -0.131. The third-order valence-electron chi connectivity index (χ3n) is 6.90. The maximum absolute atomic E-state index is 13.5. The van der Waals surface area contributed by atoms with Crippen LogP contribution in [0.25, 0.3) is 0 Å². The van der Waals surface area contributed by atoms with Crippen molar-refractivity contribution in [1.29, 1.82) is 0 Å². The second kappa shape index (κ2) is 6.83. The van der Waals surface area contributed by atoms with Crippen molar-refractivity contribution in [1.82, 2.24) is 14.8 Å². The van der Waals surface area contributed by atoms with Crippen LogP contribution in [0.15, 0.2) is 30.3 Å². The molecule has 3 amide bonds. The third kappa shape index (κ3) is 2.81. The number of urea groups is 1. The van der Waals surface area contributed by atoms with E-state index in [1.54, 1.807) is 0 Å². The summed E-state index contributed by atoms with van der Waals surface area (Å²) in [6, 6.07) is 9.75. The zero-order valence-electron chi connectivity index (χ0n) is 17.5. The topological polar surface area (TPSA) is 71.4 Å². The Balaban J connectivity index is 1.45. The number of aryl methyl sites for hydroxylation is 2. The van der Waals surface area contributed by atoms with Crippen LogP contribution >= 0.6 is 0 Å². The highest BCUT2D eigenvalue weighted by atomic mass is 16.2. The first kappa shape index (κ1) is 19.1. The Morgan fingerprint density at radius 2 is 1.93 bits per heavy atom. The van der Waals surface area contributed by atoms with Gasteiger partial charge in [-0.25, -0.2) is 4.79 Å². The third-order valence-corrected chi connectivity index (χ3v) is 6.90. The van der Waals surface area contributed by atoms with Gasteiger partial charge in [-0.15, -0.1) is 0 Å². The van der Waals surface area contributed by atoms with E-state index in [9.17, 15) is 14.4 Å². The van der Waals surface area contributed by atoms with Crippen LogP contribution in [-0.2, 0) is 16.8 Å². The highest BCUT2D eigenvalue weighted by Crippen LogP contribution is 2.40. The molecule has 1 N–H and O–H groups in total. The summed E-state index contributed by atoms with van der Waals surface area (Å²) in [6.45, 7) is 3.74. The van der Waals surface area contributed by atoms with E-state index in [1.807, 2.05) is 44.2 Å². The van der Waals surface area contributed by atoms with Gasteiger partial charge >= 0.3 is 6.03 Å². The summed E-state index contributed by atoms with van der Waals surface area (Å²) in [5.41, 5.74) is 3.54. The molecule has 0 radical (unpaired) electrons. The average molecular weight is 405 g/mol. The molecule has 6 nitrogen and oxygen atoms in total. The number of benzene rings is 1. The van der Waals surface area contributed by atoms with E-state index < -0.39 is 11.6 Å². The fourth-order valence-electron chi connectivity index (χ4n) is 5.30. The number of carbonyl (C=O) groups is 3. The standard InChI is InChI=1S/C24H27N3O3/c1-15-13-19(16(2)27(15)18-10-11-18)21(28)14-26-22(29)24(25-23(26)30)12-6-5-8-17-7-3-4-9-20(17)24/h3-4,7,9,13,18H,5-6,8,10-12,14H2,1-2H3,(H,25,30)/t24-/m0/s1. The first-order valence-electron chi connectivity index (χ1n) is 10.9. The van der Waals surface area contributed by atoms with Gasteiger partial charge in [-0.2, -0.15) is 0 Å². The molecular weight excluding hydrogens is 378 g/mol. The van der Waals surface area contributed by atoms with Crippen LogP contribution < -0.4 is 5.32 Å². The summed E-state index contributed by atoms with van der Waals surface area (Å²) in [5, 5.41) is 2.96. The molecule has 3 aliphatic rings. The van der Waals surface area contributed by atoms with Crippen LogP contribution in [0.2, 0.25) is 0 Å². The van der Waals surface area contributed by atoms with Crippen LogP contribution in [0.5, 0.6) is 0 Å². The number of aromatic nitrogens is 1. The van der Waals surface area contributed by atoms with Crippen molar-refractivity contribution >= 4 is 17.7 Å². The Hall–Kier alpha value is -2.89. The van der Waals surface area contributed by atoms with E-state index in [2.05, 4.69) is 9.88 Å². The van der Waals surface area contributed by atoms with Crippen molar-refractivity contribution < 1.29 is 14.4 Å². The number of ketones is 1. The lowest BCUT2D eigenvalue weighted by Gasteiger charge is -2.27. The normalized spacial score (nSPS) is 23.5. The Morgan fingerprint density at radius 3 is 2.70 bits per heavy atom. The summed E-state index contributed by atoms with van der Waals surface area (Å²) < 4.78 is 2.21. The molecule has 2 aromatic rings. The number of hydrogen-bond donors (Lipinski definition) is 1. The highest BCUT2D eigenvalue weighted by molar-refractivity contribution is 6.11. The Labute approximate surface area is 176 Å². The Bertz CT molecular complexity index is 1070. The number of hydrogen-bond acceptors (Lipinski definition) is 3. The summed E-state index contributed by atoms with van der Waals surface area (Å²) in [5.74, 6) is -0.483. The van der Waals surface area contributed by atoms with Crippen molar-refractivity contribution in [3.8, 4) is 0 Å². The molecule has 30 heavy (non-hydrogen) atoms. The lowest BCUT2D eigenvalue weighted by atomic mass is 9.84. The van der Waals surface area contributed by atoms with Crippen molar-refractivity contribution in [2.75, 3.05) is 6.54 Å². The number of amides is 3. The minimum absolute atomic E-state index is 0.183. The maximum atomic E-state index is 13.5. The molecule has 156 valence electrons. The predicted molar refractivity (Wildman–Crippen MR) is 112 cm³/mol. The molecule has 1 saturated carbocycles. The van der Waals surface area contributed by atoms with E-state index in [1.165, 1.54) is 0 Å². The lowest BCUT2D eigenvalue weighted by Crippen LogP contribution is -2.44. The van der Waals surface area contributed by atoms with Crippen molar-refractivity contribution in [2.24, 2.45) is 0 Å². The zero-order valence-corrected chi connectivity index (χ0v) is 17.5. The second-order valence-corrected chi connectivity index (χ2v) is 8.90. The molecule has 1 atom stereocenters. The largest absolute Gasteiger partial charge is 0.345 e. The molecule has 5 rings (SSSR count). The molecule has 6 heteroatoms. The van der Waals surface area contributed by atoms with Gasteiger partial charge in [0, 0.05) is 23.0 Å². The summed E-state index contributed by atoms with van der Waals surface area (Å²) in [6.07, 6.45) is 5.57. The van der Waals surface area contributed by atoms with Gasteiger partial charge in [0.1, 0.15) is 5.54 Å². The molecule has 0 unspecified atom stereocenters. The van der Waals surface area contributed by atoms with Gasteiger partial charge in [0.05, 0.1) is 6.54 Å². The molecular formula is C24H27N3O3. The summed E-state index contributed by atoms with van der Waals surface area (Å²) >= 11 is 0. The smallest absolute Gasteiger partial charge is 0.325 e. The Kier molecular flexibility index (Phi) is 4.34. The van der Waals surface area contributed by atoms with Crippen LogP contribution in [0, 0.1) is 13.8 Å². The van der Waals surface area contributed by atoms with E-state index in [0.717, 1.165) is 59.5 Å². The predicted octanol–water partition coefficient (Wildman–Crippen LogP) is 3.80. The number of carbonyl (C=O) groups excluding carboxylic acids is 3. The number of nitrogens with one attached hydrogen (secondary N) is 1. The molecule has 2 fully saturated rings. The van der Waals surface area contributed by atoms with Crippen LogP contribution in [-0.4, -0.2) is 33.7 Å². The number of rotatable bonds is 4. The highest BCUT2D eigenvalue weighted by Gasteiger charge is 2.53. The van der Waals surface area contributed by atoms with E-state index >= 15 is 0 Å². The van der Waals surface area contributed by atoms with Gasteiger partial charge < -0.3 is 9.88 Å². The number of nitrogens with zero attached hydrogens (tertiary/aromatic N) is 2. The van der Waals surface area contributed by atoms with Crippen molar-refractivity contribution in [3.63, 3.8) is 0 Å². The first-order valence-corrected chi connectivity index (χ1v) is 10.9. The van der Waals surface area contributed by atoms with Gasteiger partial charge in [0.25, 0.3) is 5.91 Å². The molecule has 1 spiro atoms. The number of Topliss-reactive ketones (excluding diaryl/α,β-unsaturated/α-hetero) is 1. The van der Waals surface area contributed by atoms with Crippen LogP contribution in [0.4, 0.5) is 4.79 Å². The monoisotopic (exact) mass is 405 g/mol. The minimum atomic E-state index is -1.05. The number of fused-ring (bicyclic) bond motifs is 2. The van der Waals surface area contributed by atoms with Crippen molar-refractivity contribution in [2.45, 2.75) is 64.0 Å². The second-order valence-electron chi connectivity index (χ2n) is 8.90. The SMILES string of the molecule is Cc1cc(C(=O)CN2C(=O)N[C@]3(CCCCc4ccccc43)C2=O)c(C)n1C1CC1. The molecule has 2 heterocycles. The van der Waals surface area contributed by atoms with Gasteiger partial charge in [-0.05, 0) is 69.6 Å². The summed E-state index contributed by atoms with van der Waals surface area (Å²) in [4.78, 5) is 40.6. The van der Waals surface area contributed by atoms with E-state index in [0.29, 0.717) is 18.0 Å². The molecule has 2 aliphatic carbocycles. The van der Waals surface area contributed by atoms with Gasteiger partial charge in [0.2, 0.25) is 0 Å². The maximum Gasteiger partial charge on any atom is 0.325 e. The average Bonchev–Trinajstić information content (AvgIpc) is 3.49. The van der Waals surface area contributed by atoms with Gasteiger partial charge in [-0.1, -0.05) is 24.3 Å². The molecule has 1 aromatic carbocycles. The minimum Gasteiger partial charge on any atom is -0.345 e. The fourth-order valence-corrected chi connectivity index (χ4v) is 5.30. The molecule has 0 bridgehead atoms. The van der Waals surface area contributed by atoms with Crippen LogP contribution in [0.1, 0.15) is 71.0 Å². The van der Waals surface area contributed by atoms with Gasteiger partial charge in [-0.3, -0.25) is 14.5 Å². The Morgan fingerprint density at radius 1 is 1.17 bits per heavy atom. The van der Waals surface area contributed by atoms with Gasteiger partial charge in [0.15, 0.2) is 5.78 Å².